The maximum Gasteiger partial charge on any atom is 0.417 e. The first-order chi connectivity index (χ1) is 13.0. The van der Waals surface area contributed by atoms with E-state index in [0.717, 1.165) is 18.1 Å². The zero-order valence-electron chi connectivity index (χ0n) is 15.5. The third kappa shape index (κ3) is 6.05. The van der Waals surface area contributed by atoms with E-state index < -0.39 is 38.3 Å². The maximum absolute atomic E-state index is 12.5. The predicted octanol–water partition coefficient (Wildman–Crippen LogP) is 3.50. The number of nitrogens with one attached hydrogen (secondary N) is 1. The second kappa shape index (κ2) is 8.72. The Morgan fingerprint density at radius 1 is 1.11 bits per heavy atom. The summed E-state index contributed by atoms with van der Waals surface area (Å²) in [5.74, 6) is -0.405. The number of halogens is 3. The lowest BCUT2D eigenvalue weighted by Gasteiger charge is -2.09. The molecular weight excluding hydrogens is 393 g/mol. The standard InChI is InChI=1S/C19H21F3N2O3S/c1-13(2)11-14-3-5-15(6-4-14)18(25)23-9-10-28(26,27)17-8-7-16(12-24-17)19(20,21)22/h3-8,12-13H,9-11H2,1-2H3,(H,23,25). The van der Waals surface area contributed by atoms with Gasteiger partial charge in [0.25, 0.3) is 5.91 Å². The van der Waals surface area contributed by atoms with Crippen molar-refractivity contribution in [1.82, 2.24) is 10.3 Å². The molecule has 2 rings (SSSR count). The van der Waals surface area contributed by atoms with Gasteiger partial charge in [-0.15, -0.1) is 0 Å². The van der Waals surface area contributed by atoms with Gasteiger partial charge in [0, 0.05) is 18.3 Å². The molecule has 28 heavy (non-hydrogen) atoms. The van der Waals surface area contributed by atoms with E-state index in [1.165, 1.54) is 0 Å². The van der Waals surface area contributed by atoms with Gasteiger partial charge in [-0.05, 0) is 42.2 Å². The summed E-state index contributed by atoms with van der Waals surface area (Å²) in [4.78, 5) is 15.5. The summed E-state index contributed by atoms with van der Waals surface area (Å²) in [5.41, 5.74) is 0.473. The Bertz CT molecular complexity index is 907. The molecule has 0 saturated carbocycles. The smallest absolute Gasteiger partial charge is 0.351 e. The Balaban J connectivity index is 1.93. The second-order valence-electron chi connectivity index (χ2n) is 6.75. The molecule has 1 aromatic heterocycles. The fraction of sp³-hybridized carbons (Fsp3) is 0.368. The average molecular weight is 414 g/mol. The summed E-state index contributed by atoms with van der Waals surface area (Å²) in [5, 5.41) is 2.03. The minimum Gasteiger partial charge on any atom is -0.351 e. The first-order valence-corrected chi connectivity index (χ1v) is 10.3. The molecule has 152 valence electrons. The van der Waals surface area contributed by atoms with Gasteiger partial charge in [0.05, 0.1) is 11.3 Å². The van der Waals surface area contributed by atoms with Crippen molar-refractivity contribution in [3.05, 3.63) is 59.3 Å². The molecule has 0 radical (unpaired) electrons. The van der Waals surface area contributed by atoms with E-state index >= 15 is 0 Å². The molecular formula is C19H21F3N2O3S. The number of aromatic nitrogens is 1. The van der Waals surface area contributed by atoms with Crippen LogP contribution in [0.5, 0.6) is 0 Å². The average Bonchev–Trinajstić information content (AvgIpc) is 2.61. The zero-order chi connectivity index (χ0) is 20.9. The largest absolute Gasteiger partial charge is 0.417 e. The number of pyridine rings is 1. The van der Waals surface area contributed by atoms with Crippen LogP contribution < -0.4 is 5.32 Å². The Kier molecular flexibility index (Phi) is 6.82. The van der Waals surface area contributed by atoms with Gasteiger partial charge in [-0.1, -0.05) is 26.0 Å². The summed E-state index contributed by atoms with van der Waals surface area (Å²) < 4.78 is 61.9. The monoisotopic (exact) mass is 414 g/mol. The number of benzene rings is 1. The van der Waals surface area contributed by atoms with Crippen molar-refractivity contribution < 1.29 is 26.4 Å². The van der Waals surface area contributed by atoms with Crippen molar-refractivity contribution >= 4 is 15.7 Å². The quantitative estimate of drug-likeness (QED) is 0.752. The highest BCUT2D eigenvalue weighted by Gasteiger charge is 2.31. The van der Waals surface area contributed by atoms with Crippen LogP contribution in [0, 0.1) is 5.92 Å². The van der Waals surface area contributed by atoms with Gasteiger partial charge in [0.15, 0.2) is 14.9 Å². The third-order valence-corrected chi connectivity index (χ3v) is 5.52. The fourth-order valence-corrected chi connectivity index (χ4v) is 3.57. The van der Waals surface area contributed by atoms with Gasteiger partial charge >= 0.3 is 6.18 Å². The Morgan fingerprint density at radius 3 is 2.25 bits per heavy atom. The number of nitrogens with zero attached hydrogens (tertiary/aromatic N) is 1. The van der Waals surface area contributed by atoms with Gasteiger partial charge in [-0.3, -0.25) is 4.79 Å². The molecule has 0 bridgehead atoms. The molecule has 5 nitrogen and oxygen atoms in total. The summed E-state index contributed by atoms with van der Waals surface area (Å²) in [6.07, 6.45) is -3.22. The van der Waals surface area contributed by atoms with Crippen LogP contribution in [0.2, 0.25) is 0 Å². The lowest BCUT2D eigenvalue weighted by atomic mass is 10.0. The minimum atomic E-state index is -4.59. The van der Waals surface area contributed by atoms with Crippen molar-refractivity contribution in [2.24, 2.45) is 5.92 Å². The number of hydrogen-bond donors (Lipinski definition) is 1. The number of carbonyl (C=O) groups excluding carboxylic acids is 1. The van der Waals surface area contributed by atoms with E-state index in [-0.39, 0.29) is 6.54 Å². The van der Waals surface area contributed by atoms with Gasteiger partial charge in [0.2, 0.25) is 0 Å². The number of sulfone groups is 1. The number of amides is 1. The Labute approximate surface area is 161 Å². The molecule has 0 aliphatic rings. The first-order valence-electron chi connectivity index (χ1n) is 8.62. The van der Waals surface area contributed by atoms with Crippen molar-refractivity contribution in [2.45, 2.75) is 31.5 Å². The number of rotatable bonds is 7. The molecule has 9 heteroatoms. The highest BCUT2D eigenvalue weighted by Crippen LogP contribution is 2.28. The fourth-order valence-electron chi connectivity index (χ4n) is 2.50. The number of alkyl halides is 3. The van der Waals surface area contributed by atoms with E-state index in [9.17, 15) is 26.4 Å². The first kappa shape index (κ1) is 21.9. The maximum atomic E-state index is 12.5. The summed E-state index contributed by atoms with van der Waals surface area (Å²) in [6.45, 7) is 4.00. The van der Waals surface area contributed by atoms with Crippen molar-refractivity contribution in [1.29, 1.82) is 0 Å². The molecule has 1 heterocycles. The van der Waals surface area contributed by atoms with Crippen LogP contribution in [0.25, 0.3) is 0 Å². The van der Waals surface area contributed by atoms with Gasteiger partial charge < -0.3 is 5.32 Å². The molecule has 1 aromatic carbocycles. The van der Waals surface area contributed by atoms with Crippen LogP contribution in [-0.2, 0) is 22.4 Å². The summed E-state index contributed by atoms with van der Waals surface area (Å²) in [7, 11) is -3.91. The van der Waals surface area contributed by atoms with Crippen LogP contribution in [0.3, 0.4) is 0 Å². The second-order valence-corrected chi connectivity index (χ2v) is 8.81. The molecule has 1 N–H and O–H groups in total. The van der Waals surface area contributed by atoms with Crippen LogP contribution in [0.1, 0.15) is 35.3 Å². The molecule has 0 atom stereocenters. The summed E-state index contributed by atoms with van der Waals surface area (Å²) in [6, 6.07) is 8.50. The normalized spacial score (nSPS) is 12.2. The number of hydrogen-bond acceptors (Lipinski definition) is 4. The topological polar surface area (TPSA) is 76.1 Å². The van der Waals surface area contributed by atoms with Crippen LogP contribution in [0.4, 0.5) is 13.2 Å². The number of carbonyl (C=O) groups is 1. The highest BCUT2D eigenvalue weighted by atomic mass is 32.2. The van der Waals surface area contributed by atoms with E-state index in [4.69, 9.17) is 0 Å². The van der Waals surface area contributed by atoms with Gasteiger partial charge in [-0.2, -0.15) is 13.2 Å². The van der Waals surface area contributed by atoms with E-state index in [0.29, 0.717) is 23.7 Å². The Hall–Kier alpha value is -2.42. The molecule has 0 unspecified atom stereocenters. The lowest BCUT2D eigenvalue weighted by Crippen LogP contribution is -2.29. The predicted molar refractivity (Wildman–Crippen MR) is 98.6 cm³/mol. The van der Waals surface area contributed by atoms with E-state index in [1.54, 1.807) is 12.1 Å². The molecule has 2 aromatic rings. The van der Waals surface area contributed by atoms with E-state index in [1.807, 2.05) is 12.1 Å². The van der Waals surface area contributed by atoms with Gasteiger partial charge in [-0.25, -0.2) is 13.4 Å². The molecule has 0 aliphatic carbocycles. The highest BCUT2D eigenvalue weighted by molar-refractivity contribution is 7.91. The van der Waals surface area contributed by atoms with Crippen LogP contribution in [-0.4, -0.2) is 31.6 Å². The molecule has 0 aliphatic heterocycles. The molecule has 0 fully saturated rings. The van der Waals surface area contributed by atoms with Crippen molar-refractivity contribution in [2.75, 3.05) is 12.3 Å². The third-order valence-electron chi connectivity index (χ3n) is 3.90. The minimum absolute atomic E-state index is 0.183. The van der Waals surface area contributed by atoms with Crippen LogP contribution >= 0.6 is 0 Å². The Morgan fingerprint density at radius 2 is 1.75 bits per heavy atom. The molecule has 0 spiro atoms. The molecule has 1 amide bonds. The van der Waals surface area contributed by atoms with Crippen LogP contribution in [0.15, 0.2) is 47.6 Å². The zero-order valence-corrected chi connectivity index (χ0v) is 16.3. The SMILES string of the molecule is CC(C)Cc1ccc(C(=O)NCCS(=O)(=O)c2ccc(C(F)(F)F)cn2)cc1. The van der Waals surface area contributed by atoms with E-state index in [2.05, 4.69) is 24.1 Å². The van der Waals surface area contributed by atoms with Gasteiger partial charge in [0.1, 0.15) is 0 Å². The molecule has 0 saturated heterocycles. The van der Waals surface area contributed by atoms with Crippen molar-refractivity contribution in [3.8, 4) is 0 Å². The lowest BCUT2D eigenvalue weighted by molar-refractivity contribution is -0.137. The van der Waals surface area contributed by atoms with Crippen molar-refractivity contribution in [3.63, 3.8) is 0 Å². The summed E-state index contributed by atoms with van der Waals surface area (Å²) >= 11 is 0.